The molecule has 2 heterocycles. The summed E-state index contributed by atoms with van der Waals surface area (Å²) in [6.07, 6.45) is -0.0830. The number of nitrogens with zero attached hydrogens (tertiary/aromatic N) is 4. The van der Waals surface area contributed by atoms with Gasteiger partial charge in [0.15, 0.2) is 0 Å². The van der Waals surface area contributed by atoms with E-state index in [9.17, 15) is 23.5 Å². The van der Waals surface area contributed by atoms with Gasteiger partial charge in [0.2, 0.25) is 5.95 Å². The van der Waals surface area contributed by atoms with Crippen LogP contribution in [0.25, 0.3) is 10.4 Å². The number of oxime groups is 1. The molecule has 1 atom stereocenters. The fourth-order valence-corrected chi connectivity index (χ4v) is 5.41. The first-order valence-corrected chi connectivity index (χ1v) is 11.4. The highest BCUT2D eigenvalue weighted by atomic mass is 32.1. The Morgan fingerprint density at radius 2 is 1.94 bits per heavy atom. The van der Waals surface area contributed by atoms with Gasteiger partial charge in [-0.05, 0) is 55.5 Å². The summed E-state index contributed by atoms with van der Waals surface area (Å²) < 4.78 is 38.9. The fourth-order valence-electron chi connectivity index (χ4n) is 4.23. The molecule has 34 heavy (non-hydrogen) atoms. The van der Waals surface area contributed by atoms with E-state index < -0.39 is 22.9 Å². The molecule has 1 aromatic carbocycles. The summed E-state index contributed by atoms with van der Waals surface area (Å²) in [5.74, 6) is -0.162. The summed E-state index contributed by atoms with van der Waals surface area (Å²) in [6.45, 7) is 5.55. The zero-order valence-corrected chi connectivity index (χ0v) is 19.6. The zero-order chi connectivity index (χ0) is 24.7. The van der Waals surface area contributed by atoms with Crippen LogP contribution in [0, 0.1) is 12.3 Å². The van der Waals surface area contributed by atoms with E-state index in [1.807, 2.05) is 26.8 Å². The highest BCUT2D eigenvalue weighted by Gasteiger charge is 2.52. The van der Waals surface area contributed by atoms with Gasteiger partial charge >= 0.3 is 6.18 Å². The number of rotatable bonds is 4. The SMILES string of the molecule is Cc1cc(Nc2nccc(C(F)(F)F)n2)cc(-c2cnc(C3(O)CCC/C(=N/O)C3(C)C)s2)c1. The summed E-state index contributed by atoms with van der Waals surface area (Å²) >= 11 is 1.33. The van der Waals surface area contributed by atoms with Crippen molar-refractivity contribution in [2.24, 2.45) is 10.6 Å². The van der Waals surface area contributed by atoms with Gasteiger partial charge in [-0.15, -0.1) is 11.3 Å². The van der Waals surface area contributed by atoms with Crippen LogP contribution >= 0.6 is 11.3 Å². The molecular weight excluding hydrogens is 467 g/mol. The van der Waals surface area contributed by atoms with E-state index in [4.69, 9.17) is 0 Å². The van der Waals surface area contributed by atoms with Crippen LogP contribution in [0.5, 0.6) is 0 Å². The predicted octanol–water partition coefficient (Wildman–Crippen LogP) is 5.90. The summed E-state index contributed by atoms with van der Waals surface area (Å²) in [7, 11) is 0. The standard InChI is InChI=1S/C23H24F3N5O2S/c1-13-9-14(11-15(10-13)29-20-27-8-6-18(30-20)23(24,25)26)16-12-28-19(34-16)22(32)7-4-5-17(31-33)21(22,2)3/h6,8-12,32-33H,4-5,7H2,1-3H3,(H,27,29,30)/b31-17-. The van der Waals surface area contributed by atoms with Crippen LogP contribution in [-0.2, 0) is 11.8 Å². The van der Waals surface area contributed by atoms with Gasteiger partial charge in [0.25, 0.3) is 0 Å². The van der Waals surface area contributed by atoms with Crippen LogP contribution in [-0.4, -0.2) is 31.0 Å². The molecule has 0 bridgehead atoms. The average molecular weight is 492 g/mol. The smallest absolute Gasteiger partial charge is 0.411 e. The van der Waals surface area contributed by atoms with E-state index in [1.165, 1.54) is 11.3 Å². The van der Waals surface area contributed by atoms with E-state index in [0.29, 0.717) is 35.7 Å². The second-order valence-corrected chi connectivity index (χ2v) is 9.92. The van der Waals surface area contributed by atoms with Crippen LogP contribution in [0.3, 0.4) is 0 Å². The lowest BCUT2D eigenvalue weighted by atomic mass is 9.64. The van der Waals surface area contributed by atoms with E-state index in [0.717, 1.165) is 28.3 Å². The molecule has 11 heteroatoms. The summed E-state index contributed by atoms with van der Waals surface area (Å²) in [5.41, 5.74) is -0.405. The lowest BCUT2D eigenvalue weighted by molar-refractivity contribution is -0.141. The third kappa shape index (κ3) is 4.37. The van der Waals surface area contributed by atoms with Crippen molar-refractivity contribution < 1.29 is 23.5 Å². The third-order valence-electron chi connectivity index (χ3n) is 6.25. The first kappa shape index (κ1) is 24.1. The Morgan fingerprint density at radius 1 is 1.18 bits per heavy atom. The molecule has 0 saturated heterocycles. The minimum absolute atomic E-state index is 0.162. The number of thiazole rings is 1. The Kier molecular flexibility index (Phi) is 6.11. The third-order valence-corrected chi connectivity index (χ3v) is 7.45. The van der Waals surface area contributed by atoms with E-state index >= 15 is 0 Å². The molecule has 0 spiro atoms. The molecule has 2 aromatic heterocycles. The topological polar surface area (TPSA) is 104 Å². The van der Waals surface area contributed by atoms with Crippen LogP contribution < -0.4 is 5.32 Å². The summed E-state index contributed by atoms with van der Waals surface area (Å²) in [5, 5.41) is 27.7. The largest absolute Gasteiger partial charge is 0.433 e. The van der Waals surface area contributed by atoms with E-state index in [1.54, 1.807) is 18.3 Å². The maximum atomic E-state index is 13.0. The number of halogens is 3. The van der Waals surface area contributed by atoms with Gasteiger partial charge in [0, 0.05) is 23.5 Å². The fraction of sp³-hybridized carbons (Fsp3) is 0.391. The van der Waals surface area contributed by atoms with Crippen LogP contribution in [0.15, 0.2) is 41.8 Å². The Balaban J connectivity index is 1.65. The van der Waals surface area contributed by atoms with Gasteiger partial charge in [-0.1, -0.05) is 25.1 Å². The number of aryl methyl sites for hydroxylation is 1. The molecule has 3 N–H and O–H groups in total. The van der Waals surface area contributed by atoms with Gasteiger partial charge in [-0.25, -0.2) is 15.0 Å². The molecule has 1 aliphatic rings. The van der Waals surface area contributed by atoms with Gasteiger partial charge in [0.05, 0.1) is 10.6 Å². The molecule has 0 aliphatic heterocycles. The Labute approximate surface area is 198 Å². The number of hydrogen-bond acceptors (Lipinski definition) is 8. The van der Waals surface area contributed by atoms with Gasteiger partial charge < -0.3 is 15.6 Å². The minimum Gasteiger partial charge on any atom is -0.411 e. The minimum atomic E-state index is -4.57. The molecule has 180 valence electrons. The monoisotopic (exact) mass is 491 g/mol. The Hall–Kier alpha value is -3.05. The second-order valence-electron chi connectivity index (χ2n) is 8.89. The Morgan fingerprint density at radius 3 is 2.65 bits per heavy atom. The van der Waals surface area contributed by atoms with Crippen molar-refractivity contribution >= 4 is 28.7 Å². The van der Waals surface area contributed by atoms with Crippen molar-refractivity contribution in [2.45, 2.75) is 51.8 Å². The molecule has 1 unspecified atom stereocenters. The molecule has 0 radical (unpaired) electrons. The quantitative estimate of drug-likeness (QED) is 0.310. The molecule has 1 saturated carbocycles. The number of aliphatic hydroxyl groups is 1. The van der Waals surface area contributed by atoms with E-state index in [2.05, 4.69) is 25.4 Å². The van der Waals surface area contributed by atoms with Gasteiger partial charge in [-0.2, -0.15) is 13.2 Å². The number of benzene rings is 1. The highest BCUT2D eigenvalue weighted by molar-refractivity contribution is 7.15. The van der Waals surface area contributed by atoms with Crippen molar-refractivity contribution in [2.75, 3.05) is 5.32 Å². The number of anilines is 2. The molecule has 0 amide bonds. The molecule has 3 aromatic rings. The lowest BCUT2D eigenvalue weighted by Crippen LogP contribution is -2.50. The number of hydrogen-bond donors (Lipinski definition) is 3. The maximum Gasteiger partial charge on any atom is 0.433 e. The van der Waals surface area contributed by atoms with Crippen molar-refractivity contribution in [1.29, 1.82) is 0 Å². The maximum absolute atomic E-state index is 13.0. The van der Waals surface area contributed by atoms with Crippen LogP contribution in [0.1, 0.15) is 49.4 Å². The van der Waals surface area contributed by atoms with Crippen LogP contribution in [0.4, 0.5) is 24.8 Å². The zero-order valence-electron chi connectivity index (χ0n) is 18.8. The predicted molar refractivity (Wildman–Crippen MR) is 123 cm³/mol. The number of alkyl halides is 3. The number of nitrogens with one attached hydrogen (secondary N) is 1. The van der Waals surface area contributed by atoms with Crippen molar-refractivity contribution in [1.82, 2.24) is 15.0 Å². The first-order chi connectivity index (χ1) is 15.9. The average Bonchev–Trinajstić information content (AvgIpc) is 3.26. The van der Waals surface area contributed by atoms with Crippen molar-refractivity contribution in [3.8, 4) is 10.4 Å². The van der Waals surface area contributed by atoms with Crippen LogP contribution in [0.2, 0.25) is 0 Å². The van der Waals surface area contributed by atoms with Gasteiger partial charge in [-0.3, -0.25) is 0 Å². The first-order valence-electron chi connectivity index (χ1n) is 10.6. The van der Waals surface area contributed by atoms with E-state index in [-0.39, 0.29) is 5.95 Å². The number of aromatic nitrogens is 3. The highest BCUT2D eigenvalue weighted by Crippen LogP contribution is 2.50. The molecule has 1 fully saturated rings. The molecule has 4 rings (SSSR count). The summed E-state index contributed by atoms with van der Waals surface area (Å²) in [4.78, 5) is 12.7. The second kappa shape index (κ2) is 8.62. The molecular formula is C23H24F3N5O2S. The Bertz CT molecular complexity index is 1240. The molecule has 1 aliphatic carbocycles. The van der Waals surface area contributed by atoms with Crippen molar-refractivity contribution in [3.63, 3.8) is 0 Å². The summed E-state index contributed by atoms with van der Waals surface area (Å²) in [6, 6.07) is 6.28. The molecule has 7 nitrogen and oxygen atoms in total. The van der Waals surface area contributed by atoms with Gasteiger partial charge in [0.1, 0.15) is 16.3 Å². The lowest BCUT2D eigenvalue weighted by Gasteiger charge is -2.45. The normalized spacial score (nSPS) is 21.6. The van der Waals surface area contributed by atoms with Crippen molar-refractivity contribution in [3.05, 3.63) is 52.9 Å².